The van der Waals surface area contributed by atoms with E-state index in [1.54, 1.807) is 7.11 Å². The maximum atomic E-state index is 5.20. The number of methoxy groups -OCH3 is 1. The third-order valence-electron chi connectivity index (χ3n) is 3.65. The molecule has 4 nitrogen and oxygen atoms in total. The minimum Gasteiger partial charge on any atom is -0.385 e. The highest BCUT2D eigenvalue weighted by Crippen LogP contribution is 2.43. The Labute approximate surface area is 105 Å². The summed E-state index contributed by atoms with van der Waals surface area (Å²) in [7, 11) is 3.61. The molecule has 1 saturated carbocycles. The molecule has 1 aliphatic rings. The topological polar surface area (TPSA) is 45.7 Å². The summed E-state index contributed by atoms with van der Waals surface area (Å²) in [6, 6.07) is 0. The monoisotopic (exact) mass is 241 g/mol. The van der Waals surface area contributed by atoms with Gasteiger partial charge in [0, 0.05) is 33.9 Å². The predicted octanol–water partition coefficient (Wildman–Crippen LogP) is 1.77. The van der Waals surface area contributed by atoms with Crippen LogP contribution in [0.4, 0.5) is 0 Å². The van der Waals surface area contributed by atoms with Crippen molar-refractivity contribution < 1.29 is 4.74 Å². The first-order chi connectivity index (χ1) is 8.26. The van der Waals surface area contributed by atoms with E-state index in [4.69, 9.17) is 4.74 Å². The fourth-order valence-electron chi connectivity index (χ4n) is 2.25. The Morgan fingerprint density at radius 1 is 1.35 bits per heavy atom. The normalized spacial score (nSPS) is 18.6. The van der Waals surface area contributed by atoms with Crippen molar-refractivity contribution in [3.63, 3.8) is 0 Å². The minimum absolute atomic E-state index is 0.444. The molecular formula is C13H27N3O. The number of aliphatic imine (C=N–C) groups is 1. The van der Waals surface area contributed by atoms with Crippen molar-refractivity contribution in [2.45, 2.75) is 39.0 Å². The number of guanidine groups is 1. The van der Waals surface area contributed by atoms with Crippen LogP contribution in [-0.2, 0) is 4.74 Å². The van der Waals surface area contributed by atoms with E-state index in [1.807, 2.05) is 7.05 Å². The number of hydrogen-bond donors (Lipinski definition) is 2. The van der Waals surface area contributed by atoms with Gasteiger partial charge in [-0.25, -0.2) is 0 Å². The predicted molar refractivity (Wildman–Crippen MR) is 72.4 cm³/mol. The second-order valence-electron chi connectivity index (χ2n) is 4.95. The van der Waals surface area contributed by atoms with Gasteiger partial charge in [0.15, 0.2) is 5.96 Å². The standard InChI is InChI=1S/C13H27N3O/c1-4-9-15-12(14-2)16-11-13(6-5-7-13)8-10-17-3/h4-11H2,1-3H3,(H2,14,15,16). The first-order valence-corrected chi connectivity index (χ1v) is 6.70. The Hall–Kier alpha value is -0.770. The molecule has 17 heavy (non-hydrogen) atoms. The van der Waals surface area contributed by atoms with Gasteiger partial charge in [-0.2, -0.15) is 0 Å². The number of hydrogen-bond acceptors (Lipinski definition) is 2. The highest BCUT2D eigenvalue weighted by Gasteiger charge is 2.36. The third-order valence-corrected chi connectivity index (χ3v) is 3.65. The van der Waals surface area contributed by atoms with Crippen LogP contribution in [0, 0.1) is 5.41 Å². The molecule has 0 amide bonds. The molecule has 1 fully saturated rings. The van der Waals surface area contributed by atoms with Gasteiger partial charge in [0.2, 0.25) is 0 Å². The Kier molecular flexibility index (Phi) is 6.34. The first kappa shape index (κ1) is 14.3. The SMILES string of the molecule is CCCNC(=NC)NCC1(CCOC)CCC1. The second-order valence-corrected chi connectivity index (χ2v) is 4.95. The van der Waals surface area contributed by atoms with Crippen molar-refractivity contribution in [2.75, 3.05) is 33.9 Å². The lowest BCUT2D eigenvalue weighted by molar-refractivity contribution is 0.0732. The molecule has 0 aromatic carbocycles. The smallest absolute Gasteiger partial charge is 0.190 e. The molecule has 0 aromatic heterocycles. The first-order valence-electron chi connectivity index (χ1n) is 6.70. The van der Waals surface area contributed by atoms with E-state index in [-0.39, 0.29) is 0 Å². The van der Waals surface area contributed by atoms with Crippen LogP contribution in [0.15, 0.2) is 4.99 Å². The van der Waals surface area contributed by atoms with E-state index in [9.17, 15) is 0 Å². The van der Waals surface area contributed by atoms with Crippen LogP contribution in [0.25, 0.3) is 0 Å². The molecule has 0 bridgehead atoms. The van der Waals surface area contributed by atoms with Gasteiger partial charge in [-0.05, 0) is 31.1 Å². The number of nitrogens with one attached hydrogen (secondary N) is 2. The highest BCUT2D eigenvalue weighted by atomic mass is 16.5. The van der Waals surface area contributed by atoms with Gasteiger partial charge in [0.25, 0.3) is 0 Å². The average Bonchev–Trinajstić information content (AvgIpc) is 2.31. The van der Waals surface area contributed by atoms with Crippen molar-refractivity contribution >= 4 is 5.96 Å². The molecule has 100 valence electrons. The Morgan fingerprint density at radius 2 is 2.12 bits per heavy atom. The fourth-order valence-corrected chi connectivity index (χ4v) is 2.25. The second kappa shape index (κ2) is 7.54. The molecule has 0 saturated heterocycles. The third kappa shape index (κ3) is 4.54. The largest absolute Gasteiger partial charge is 0.385 e. The zero-order valence-corrected chi connectivity index (χ0v) is 11.5. The molecule has 0 atom stereocenters. The van der Waals surface area contributed by atoms with E-state index in [0.29, 0.717) is 5.41 Å². The van der Waals surface area contributed by atoms with E-state index in [1.165, 1.54) is 19.3 Å². The minimum atomic E-state index is 0.444. The molecule has 0 radical (unpaired) electrons. The summed E-state index contributed by atoms with van der Waals surface area (Å²) in [4.78, 5) is 4.23. The Bertz CT molecular complexity index is 237. The lowest BCUT2D eigenvalue weighted by Gasteiger charge is -2.42. The average molecular weight is 241 g/mol. The van der Waals surface area contributed by atoms with E-state index in [2.05, 4.69) is 22.5 Å². The van der Waals surface area contributed by atoms with Crippen molar-refractivity contribution in [3.8, 4) is 0 Å². The van der Waals surface area contributed by atoms with E-state index >= 15 is 0 Å². The molecule has 0 spiro atoms. The fraction of sp³-hybridized carbons (Fsp3) is 0.923. The Morgan fingerprint density at radius 3 is 2.59 bits per heavy atom. The van der Waals surface area contributed by atoms with Crippen molar-refractivity contribution in [1.82, 2.24) is 10.6 Å². The summed E-state index contributed by atoms with van der Waals surface area (Å²) < 4.78 is 5.20. The summed E-state index contributed by atoms with van der Waals surface area (Å²) in [5.41, 5.74) is 0.444. The summed E-state index contributed by atoms with van der Waals surface area (Å²) >= 11 is 0. The van der Waals surface area contributed by atoms with Crippen LogP contribution in [0.5, 0.6) is 0 Å². The van der Waals surface area contributed by atoms with Gasteiger partial charge in [0.1, 0.15) is 0 Å². The molecule has 2 N–H and O–H groups in total. The Balaban J connectivity index is 2.30. The van der Waals surface area contributed by atoms with Crippen molar-refractivity contribution in [3.05, 3.63) is 0 Å². The zero-order valence-electron chi connectivity index (χ0n) is 11.5. The van der Waals surface area contributed by atoms with Crippen LogP contribution < -0.4 is 10.6 Å². The van der Waals surface area contributed by atoms with Crippen molar-refractivity contribution in [2.24, 2.45) is 10.4 Å². The number of ether oxygens (including phenoxy) is 1. The maximum absolute atomic E-state index is 5.20. The van der Waals surface area contributed by atoms with Gasteiger partial charge in [-0.15, -0.1) is 0 Å². The zero-order chi connectivity index (χ0) is 12.6. The van der Waals surface area contributed by atoms with Crippen LogP contribution >= 0.6 is 0 Å². The van der Waals surface area contributed by atoms with Gasteiger partial charge in [0.05, 0.1) is 0 Å². The van der Waals surface area contributed by atoms with Gasteiger partial charge >= 0.3 is 0 Å². The van der Waals surface area contributed by atoms with Crippen LogP contribution in [0.1, 0.15) is 39.0 Å². The molecule has 0 aliphatic heterocycles. The summed E-state index contributed by atoms with van der Waals surface area (Å²) in [5.74, 6) is 0.926. The quantitative estimate of drug-likeness (QED) is 0.527. The number of rotatable bonds is 7. The van der Waals surface area contributed by atoms with E-state index < -0.39 is 0 Å². The number of nitrogens with zero attached hydrogens (tertiary/aromatic N) is 1. The van der Waals surface area contributed by atoms with Crippen LogP contribution in [0.2, 0.25) is 0 Å². The van der Waals surface area contributed by atoms with Crippen molar-refractivity contribution in [1.29, 1.82) is 0 Å². The summed E-state index contributed by atoms with van der Waals surface area (Å²) in [5, 5.41) is 6.74. The lowest BCUT2D eigenvalue weighted by atomic mass is 9.67. The molecule has 0 heterocycles. The van der Waals surface area contributed by atoms with Gasteiger partial charge in [-0.3, -0.25) is 4.99 Å². The highest BCUT2D eigenvalue weighted by molar-refractivity contribution is 5.79. The lowest BCUT2D eigenvalue weighted by Crippen LogP contribution is -2.47. The van der Waals surface area contributed by atoms with Gasteiger partial charge < -0.3 is 15.4 Å². The van der Waals surface area contributed by atoms with Crippen LogP contribution in [0.3, 0.4) is 0 Å². The maximum Gasteiger partial charge on any atom is 0.190 e. The van der Waals surface area contributed by atoms with E-state index in [0.717, 1.165) is 38.5 Å². The van der Waals surface area contributed by atoms with Crippen LogP contribution in [-0.4, -0.2) is 39.8 Å². The molecule has 0 aromatic rings. The molecule has 4 heteroatoms. The molecule has 0 unspecified atom stereocenters. The molecular weight excluding hydrogens is 214 g/mol. The molecule has 1 aliphatic carbocycles. The summed E-state index contributed by atoms with van der Waals surface area (Å²) in [6.45, 7) is 5.01. The van der Waals surface area contributed by atoms with Gasteiger partial charge in [-0.1, -0.05) is 13.3 Å². The summed E-state index contributed by atoms with van der Waals surface area (Å²) in [6.07, 6.45) is 6.26. The molecule has 1 rings (SSSR count).